The predicted molar refractivity (Wildman–Crippen MR) is 103 cm³/mol. The van der Waals surface area contributed by atoms with Crippen LogP contribution in [0, 0.1) is 0 Å². The molecule has 5 heteroatoms. The summed E-state index contributed by atoms with van der Waals surface area (Å²) in [4.78, 5) is 16.0. The number of hydrogen-bond donors (Lipinski definition) is 2. The summed E-state index contributed by atoms with van der Waals surface area (Å²) in [7, 11) is 0. The number of amides is 1. The first-order chi connectivity index (χ1) is 12.2. The Morgan fingerprint density at radius 2 is 1.48 bits per heavy atom. The molecule has 0 aliphatic carbocycles. The second-order valence-corrected chi connectivity index (χ2v) is 7.36. The fourth-order valence-electron chi connectivity index (χ4n) is 3.74. The zero-order chi connectivity index (χ0) is 18.4. The Bertz CT molecular complexity index is 398. The molecule has 0 aromatic rings. The van der Waals surface area contributed by atoms with Gasteiger partial charge < -0.3 is 10.2 Å². The minimum Gasteiger partial charge on any atom is -0.435 e. The van der Waals surface area contributed by atoms with E-state index in [0.29, 0.717) is 13.1 Å². The minimum absolute atomic E-state index is 0.107. The minimum atomic E-state index is -0.871. The molecule has 0 saturated carbocycles. The second-order valence-electron chi connectivity index (χ2n) is 7.36. The molecule has 1 rings (SSSR count). The highest BCUT2D eigenvalue weighted by Gasteiger charge is 2.45. The lowest BCUT2D eigenvalue weighted by Gasteiger charge is -2.27. The van der Waals surface area contributed by atoms with Crippen molar-refractivity contribution in [2.75, 3.05) is 26.2 Å². The summed E-state index contributed by atoms with van der Waals surface area (Å²) in [5.74, 6) is 0.758. The Labute approximate surface area is 153 Å². The molecule has 1 aliphatic heterocycles. The quantitative estimate of drug-likeness (QED) is 0.321. The number of aliphatic imine (C=N–C) groups is 1. The Morgan fingerprint density at radius 3 is 1.96 bits per heavy atom. The lowest BCUT2D eigenvalue weighted by atomic mass is 10.0. The van der Waals surface area contributed by atoms with Crippen LogP contribution in [0.2, 0.25) is 0 Å². The van der Waals surface area contributed by atoms with Gasteiger partial charge in [0, 0.05) is 6.42 Å². The Balaban J connectivity index is 2.05. The van der Waals surface area contributed by atoms with Gasteiger partial charge in [-0.15, -0.1) is 0 Å². The Kier molecular flexibility index (Phi) is 11.7. The molecule has 0 radical (unpaired) electrons. The number of aliphatic hydroxyl groups excluding tert-OH is 1. The molecule has 1 unspecified atom stereocenters. The number of quaternary nitrogens is 1. The molecule has 0 saturated heterocycles. The van der Waals surface area contributed by atoms with E-state index in [1.54, 1.807) is 0 Å². The molecule has 0 aromatic heterocycles. The van der Waals surface area contributed by atoms with Crippen molar-refractivity contribution in [3.05, 3.63) is 0 Å². The smallest absolute Gasteiger partial charge is 0.435 e. The van der Waals surface area contributed by atoms with Crippen LogP contribution in [-0.2, 0) is 0 Å². The van der Waals surface area contributed by atoms with Crippen molar-refractivity contribution in [3.63, 3.8) is 0 Å². The number of hydrogen-bond acceptors (Lipinski definition) is 3. The van der Waals surface area contributed by atoms with Gasteiger partial charge in [-0.05, 0) is 6.42 Å². The average molecular weight is 356 g/mol. The third-order valence-corrected chi connectivity index (χ3v) is 5.37. The van der Waals surface area contributed by atoms with Crippen molar-refractivity contribution >= 4 is 11.9 Å². The zero-order valence-electron chi connectivity index (χ0n) is 16.2. The van der Waals surface area contributed by atoms with E-state index in [2.05, 4.69) is 11.9 Å². The van der Waals surface area contributed by atoms with Gasteiger partial charge in [0.05, 0.1) is 13.2 Å². The van der Waals surface area contributed by atoms with Gasteiger partial charge >= 0.3 is 6.09 Å². The second kappa shape index (κ2) is 13.3. The first-order valence-electron chi connectivity index (χ1n) is 10.4. The normalized spacial score (nSPS) is 20.0. The van der Waals surface area contributed by atoms with Gasteiger partial charge in [0.1, 0.15) is 13.1 Å². The molecule has 1 heterocycles. The maximum absolute atomic E-state index is 11.6. The number of unbranched alkanes of at least 4 members (excludes halogenated alkanes) is 11. The topological polar surface area (TPSA) is 69.9 Å². The Morgan fingerprint density at radius 1 is 0.960 bits per heavy atom. The highest BCUT2D eigenvalue weighted by molar-refractivity contribution is 5.85. The zero-order valence-corrected chi connectivity index (χ0v) is 16.2. The van der Waals surface area contributed by atoms with E-state index in [0.717, 1.165) is 25.1 Å². The maximum atomic E-state index is 11.6. The molecule has 0 aromatic carbocycles. The van der Waals surface area contributed by atoms with Crippen molar-refractivity contribution in [3.8, 4) is 0 Å². The first kappa shape index (κ1) is 22.1. The molecule has 0 fully saturated rings. The average Bonchev–Trinajstić information content (AvgIpc) is 3.00. The fourth-order valence-corrected chi connectivity index (χ4v) is 3.74. The third-order valence-electron chi connectivity index (χ3n) is 5.37. The lowest BCUT2D eigenvalue weighted by Crippen LogP contribution is -2.56. The first-order valence-corrected chi connectivity index (χ1v) is 10.4. The van der Waals surface area contributed by atoms with Crippen LogP contribution in [0.15, 0.2) is 4.99 Å². The lowest BCUT2D eigenvalue weighted by molar-refractivity contribution is -0.761. The number of aliphatic hydroxyl groups is 1. The molecule has 5 nitrogen and oxygen atoms in total. The van der Waals surface area contributed by atoms with E-state index in [1.807, 2.05) is 0 Å². The van der Waals surface area contributed by atoms with Gasteiger partial charge in [-0.2, -0.15) is 9.28 Å². The van der Waals surface area contributed by atoms with E-state index in [1.165, 1.54) is 64.2 Å². The molecular formula is C20H39N2O3+. The SMILES string of the molecule is CCCCCCCCCCCCCCC1=NCC[N+]1(CCO)C(=O)O. The molecule has 146 valence electrons. The van der Waals surface area contributed by atoms with E-state index < -0.39 is 6.09 Å². The van der Waals surface area contributed by atoms with Crippen molar-refractivity contribution in [2.45, 2.75) is 90.4 Å². The third kappa shape index (κ3) is 7.87. The fraction of sp³-hybridized carbons (Fsp3) is 0.900. The number of rotatable bonds is 15. The van der Waals surface area contributed by atoms with Crippen molar-refractivity contribution in [1.29, 1.82) is 0 Å². The van der Waals surface area contributed by atoms with Gasteiger partial charge in [0.15, 0.2) is 0 Å². The summed E-state index contributed by atoms with van der Waals surface area (Å²) < 4.78 is -0.144. The van der Waals surface area contributed by atoms with Gasteiger partial charge in [-0.3, -0.25) is 0 Å². The van der Waals surface area contributed by atoms with Crippen LogP contribution < -0.4 is 0 Å². The van der Waals surface area contributed by atoms with Crippen LogP contribution in [0.25, 0.3) is 0 Å². The molecular weight excluding hydrogens is 316 g/mol. The van der Waals surface area contributed by atoms with E-state index >= 15 is 0 Å². The molecule has 1 atom stereocenters. The monoisotopic (exact) mass is 355 g/mol. The highest BCUT2D eigenvalue weighted by Crippen LogP contribution is 2.21. The molecule has 2 N–H and O–H groups in total. The largest absolute Gasteiger partial charge is 0.519 e. The van der Waals surface area contributed by atoms with Crippen LogP contribution in [0.5, 0.6) is 0 Å². The molecule has 1 amide bonds. The van der Waals surface area contributed by atoms with Crippen LogP contribution in [0.1, 0.15) is 90.4 Å². The van der Waals surface area contributed by atoms with Gasteiger partial charge in [-0.25, -0.2) is 4.99 Å². The van der Waals surface area contributed by atoms with Crippen LogP contribution >= 0.6 is 0 Å². The Hall–Kier alpha value is -0.940. The van der Waals surface area contributed by atoms with Gasteiger partial charge in [0.2, 0.25) is 5.84 Å². The van der Waals surface area contributed by atoms with Crippen LogP contribution in [0.4, 0.5) is 4.79 Å². The molecule has 0 spiro atoms. The summed E-state index contributed by atoms with van der Waals surface area (Å²) in [5, 5.41) is 18.7. The van der Waals surface area contributed by atoms with Gasteiger partial charge in [-0.1, -0.05) is 77.6 Å². The van der Waals surface area contributed by atoms with E-state index in [9.17, 15) is 15.0 Å². The standard InChI is InChI=1S/C20H38N2O3/c1-2-3-4-5-6-7-8-9-10-11-12-13-14-19-21-15-16-22(19,17-18-23)20(24)25/h23H,2-18H2,1H3/p+1. The van der Waals surface area contributed by atoms with E-state index in [-0.39, 0.29) is 17.6 Å². The number of amidine groups is 1. The molecule has 25 heavy (non-hydrogen) atoms. The van der Waals surface area contributed by atoms with Crippen molar-refractivity contribution in [2.24, 2.45) is 4.99 Å². The van der Waals surface area contributed by atoms with Gasteiger partial charge in [0.25, 0.3) is 0 Å². The number of carbonyl (C=O) groups is 1. The highest BCUT2D eigenvalue weighted by atomic mass is 16.4. The van der Waals surface area contributed by atoms with E-state index in [4.69, 9.17) is 0 Å². The summed E-state index contributed by atoms with van der Waals surface area (Å²) in [5.41, 5.74) is 0. The summed E-state index contributed by atoms with van der Waals surface area (Å²) >= 11 is 0. The number of nitrogens with zero attached hydrogens (tertiary/aromatic N) is 2. The van der Waals surface area contributed by atoms with Crippen LogP contribution in [-0.4, -0.2) is 52.9 Å². The number of carboxylic acid groups (broad SMARTS) is 1. The van der Waals surface area contributed by atoms with Crippen LogP contribution in [0.3, 0.4) is 0 Å². The summed E-state index contributed by atoms with van der Waals surface area (Å²) in [6, 6.07) is 0. The maximum Gasteiger partial charge on any atom is 0.519 e. The predicted octanol–water partition coefficient (Wildman–Crippen LogP) is 4.98. The molecule has 0 bridgehead atoms. The summed E-state index contributed by atoms with van der Waals surface area (Å²) in [6.45, 7) is 3.45. The van der Waals surface area contributed by atoms with Crippen molar-refractivity contribution < 1.29 is 19.5 Å². The summed E-state index contributed by atoms with van der Waals surface area (Å²) in [6.07, 6.45) is 15.5. The van der Waals surface area contributed by atoms with Crippen molar-refractivity contribution in [1.82, 2.24) is 0 Å². The molecule has 1 aliphatic rings.